The molecule has 1 saturated heterocycles. The molecular weight excluding hydrogens is 330 g/mol. The van der Waals surface area contributed by atoms with Crippen molar-refractivity contribution >= 4 is 17.4 Å². The number of aromatic hydroxyl groups is 1. The predicted molar refractivity (Wildman–Crippen MR) is 103 cm³/mol. The number of methoxy groups -OCH3 is 1. The van der Waals surface area contributed by atoms with E-state index in [1.165, 1.54) is 0 Å². The molecule has 0 atom stereocenters. The minimum Gasteiger partial charge on any atom is -0.508 e. The Bertz CT molecular complexity index is 799. The molecule has 1 aliphatic heterocycles. The molecule has 2 N–H and O–H groups in total. The Balaban J connectivity index is 1.63. The fourth-order valence-corrected chi connectivity index (χ4v) is 3.11. The number of carbonyl (C=O) groups is 1. The predicted octanol–water partition coefficient (Wildman–Crippen LogP) is 3.37. The van der Waals surface area contributed by atoms with Gasteiger partial charge in [0.25, 0.3) is 0 Å². The number of hydrogen-bond donors (Lipinski definition) is 2. The minimum absolute atomic E-state index is 0.123. The fraction of sp³-hybridized carbons (Fsp3) is 0.350. The lowest BCUT2D eigenvalue weighted by molar-refractivity contribution is 0.208. The van der Waals surface area contributed by atoms with Crippen molar-refractivity contribution in [1.29, 1.82) is 0 Å². The van der Waals surface area contributed by atoms with Crippen molar-refractivity contribution < 1.29 is 14.6 Å². The Labute approximate surface area is 154 Å². The van der Waals surface area contributed by atoms with Crippen LogP contribution in [0.1, 0.15) is 11.1 Å². The molecule has 3 rings (SSSR count). The van der Waals surface area contributed by atoms with Crippen molar-refractivity contribution in [2.24, 2.45) is 0 Å². The molecule has 0 aromatic heterocycles. The quantitative estimate of drug-likeness (QED) is 0.886. The van der Waals surface area contributed by atoms with E-state index in [4.69, 9.17) is 4.74 Å². The van der Waals surface area contributed by atoms with Gasteiger partial charge in [0, 0.05) is 37.9 Å². The minimum atomic E-state index is -0.123. The van der Waals surface area contributed by atoms with Crippen LogP contribution in [-0.4, -0.2) is 49.3 Å². The van der Waals surface area contributed by atoms with Crippen LogP contribution >= 0.6 is 0 Å². The first kappa shape index (κ1) is 17.9. The van der Waals surface area contributed by atoms with Crippen LogP contribution in [0.3, 0.4) is 0 Å². The number of aryl methyl sites for hydroxylation is 2. The molecule has 26 heavy (non-hydrogen) atoms. The van der Waals surface area contributed by atoms with E-state index in [1.54, 1.807) is 24.1 Å². The Kier molecular flexibility index (Phi) is 5.21. The second-order valence-electron chi connectivity index (χ2n) is 6.56. The molecular formula is C20H25N3O3. The van der Waals surface area contributed by atoms with Crippen molar-refractivity contribution in [3.8, 4) is 11.5 Å². The van der Waals surface area contributed by atoms with Crippen LogP contribution in [0.4, 0.5) is 16.2 Å². The van der Waals surface area contributed by atoms with Crippen LogP contribution in [0.25, 0.3) is 0 Å². The molecule has 2 aromatic rings. The van der Waals surface area contributed by atoms with E-state index in [-0.39, 0.29) is 11.8 Å². The number of rotatable bonds is 3. The van der Waals surface area contributed by atoms with Gasteiger partial charge >= 0.3 is 6.03 Å². The summed E-state index contributed by atoms with van der Waals surface area (Å²) in [6.07, 6.45) is 0. The summed E-state index contributed by atoms with van der Waals surface area (Å²) < 4.78 is 5.39. The molecule has 0 unspecified atom stereocenters. The SMILES string of the molecule is COc1cc(C)c(C)cc1NC(=O)N1CCN(c2cccc(O)c2)CC1. The zero-order valence-electron chi connectivity index (χ0n) is 15.5. The molecule has 2 aromatic carbocycles. The monoisotopic (exact) mass is 355 g/mol. The molecule has 138 valence electrons. The summed E-state index contributed by atoms with van der Waals surface area (Å²) in [7, 11) is 1.60. The molecule has 1 heterocycles. The second kappa shape index (κ2) is 7.56. The van der Waals surface area contributed by atoms with E-state index in [9.17, 15) is 9.90 Å². The van der Waals surface area contributed by atoms with Gasteiger partial charge in [-0.05, 0) is 49.2 Å². The first-order chi connectivity index (χ1) is 12.5. The van der Waals surface area contributed by atoms with E-state index in [2.05, 4.69) is 10.2 Å². The smallest absolute Gasteiger partial charge is 0.322 e. The molecule has 6 heteroatoms. The molecule has 0 radical (unpaired) electrons. The standard InChI is InChI=1S/C20H25N3O3/c1-14-11-18(19(26-3)12-15(14)2)21-20(25)23-9-7-22(8-10-23)16-5-4-6-17(24)13-16/h4-6,11-13,24H,7-10H2,1-3H3,(H,21,25). The summed E-state index contributed by atoms with van der Waals surface area (Å²) in [6, 6.07) is 11.0. The van der Waals surface area contributed by atoms with Crippen LogP contribution in [-0.2, 0) is 0 Å². The van der Waals surface area contributed by atoms with E-state index in [0.717, 1.165) is 29.9 Å². The van der Waals surface area contributed by atoms with Crippen molar-refractivity contribution in [3.05, 3.63) is 47.5 Å². The van der Waals surface area contributed by atoms with Crippen molar-refractivity contribution in [1.82, 2.24) is 4.90 Å². The lowest BCUT2D eigenvalue weighted by Gasteiger charge is -2.36. The van der Waals surface area contributed by atoms with Gasteiger partial charge in [-0.1, -0.05) is 6.07 Å². The third kappa shape index (κ3) is 3.85. The van der Waals surface area contributed by atoms with Gasteiger partial charge in [-0.15, -0.1) is 0 Å². The third-order valence-corrected chi connectivity index (χ3v) is 4.82. The number of phenols is 1. The van der Waals surface area contributed by atoms with Crippen molar-refractivity contribution in [3.63, 3.8) is 0 Å². The second-order valence-corrected chi connectivity index (χ2v) is 6.56. The number of anilines is 2. The molecule has 6 nitrogen and oxygen atoms in total. The van der Waals surface area contributed by atoms with Crippen LogP contribution in [0.15, 0.2) is 36.4 Å². The molecule has 1 aliphatic rings. The van der Waals surface area contributed by atoms with Gasteiger partial charge in [0.05, 0.1) is 12.8 Å². The zero-order chi connectivity index (χ0) is 18.7. The number of carbonyl (C=O) groups excluding carboxylic acids is 1. The summed E-state index contributed by atoms with van der Waals surface area (Å²) >= 11 is 0. The van der Waals surface area contributed by atoms with Gasteiger partial charge in [-0.25, -0.2) is 4.79 Å². The first-order valence-corrected chi connectivity index (χ1v) is 8.73. The molecule has 0 bridgehead atoms. The van der Waals surface area contributed by atoms with Crippen molar-refractivity contribution in [2.45, 2.75) is 13.8 Å². The lowest BCUT2D eigenvalue weighted by Crippen LogP contribution is -2.50. The van der Waals surface area contributed by atoms with Gasteiger partial charge in [0.2, 0.25) is 0 Å². The number of amides is 2. The number of urea groups is 1. The molecule has 0 spiro atoms. The highest BCUT2D eigenvalue weighted by atomic mass is 16.5. The largest absolute Gasteiger partial charge is 0.508 e. The lowest BCUT2D eigenvalue weighted by atomic mass is 10.1. The normalized spacial score (nSPS) is 14.3. The van der Waals surface area contributed by atoms with E-state index in [0.29, 0.717) is 24.5 Å². The van der Waals surface area contributed by atoms with E-state index < -0.39 is 0 Å². The van der Waals surface area contributed by atoms with Crippen LogP contribution in [0, 0.1) is 13.8 Å². The van der Waals surface area contributed by atoms with Gasteiger partial charge in [0.1, 0.15) is 11.5 Å². The van der Waals surface area contributed by atoms with Crippen LogP contribution in [0.2, 0.25) is 0 Å². The van der Waals surface area contributed by atoms with Gasteiger partial charge in [-0.3, -0.25) is 0 Å². The Hall–Kier alpha value is -2.89. The topological polar surface area (TPSA) is 65.0 Å². The maximum absolute atomic E-state index is 12.6. The summed E-state index contributed by atoms with van der Waals surface area (Å²) in [5, 5.41) is 12.6. The van der Waals surface area contributed by atoms with E-state index >= 15 is 0 Å². The van der Waals surface area contributed by atoms with Crippen LogP contribution < -0.4 is 15.0 Å². The Morgan fingerprint density at radius 3 is 2.42 bits per heavy atom. The number of benzene rings is 2. The maximum atomic E-state index is 12.6. The Morgan fingerprint density at radius 2 is 1.77 bits per heavy atom. The molecule has 2 amide bonds. The third-order valence-electron chi connectivity index (χ3n) is 4.82. The van der Waals surface area contributed by atoms with E-state index in [1.807, 2.05) is 38.1 Å². The van der Waals surface area contributed by atoms with Gasteiger partial charge in [-0.2, -0.15) is 0 Å². The van der Waals surface area contributed by atoms with Gasteiger partial charge in [0.15, 0.2) is 0 Å². The molecule has 1 fully saturated rings. The fourth-order valence-electron chi connectivity index (χ4n) is 3.11. The number of nitrogens with zero attached hydrogens (tertiary/aromatic N) is 2. The number of phenolic OH excluding ortho intramolecular Hbond substituents is 1. The zero-order valence-corrected chi connectivity index (χ0v) is 15.5. The summed E-state index contributed by atoms with van der Waals surface area (Å²) in [5.41, 5.74) is 3.89. The summed E-state index contributed by atoms with van der Waals surface area (Å²) in [6.45, 7) is 6.72. The maximum Gasteiger partial charge on any atom is 0.322 e. The highest BCUT2D eigenvalue weighted by molar-refractivity contribution is 5.91. The number of nitrogens with one attached hydrogen (secondary N) is 1. The first-order valence-electron chi connectivity index (χ1n) is 8.73. The highest BCUT2D eigenvalue weighted by Crippen LogP contribution is 2.28. The average Bonchev–Trinajstić information content (AvgIpc) is 2.64. The number of hydrogen-bond acceptors (Lipinski definition) is 4. The average molecular weight is 355 g/mol. The summed E-state index contributed by atoms with van der Waals surface area (Å²) in [4.78, 5) is 16.6. The number of ether oxygens (including phenoxy) is 1. The molecule has 0 saturated carbocycles. The highest BCUT2D eigenvalue weighted by Gasteiger charge is 2.22. The Morgan fingerprint density at radius 1 is 1.08 bits per heavy atom. The number of piperazine rings is 1. The molecule has 0 aliphatic carbocycles. The van der Waals surface area contributed by atoms with Gasteiger partial charge < -0.3 is 25.0 Å². The van der Waals surface area contributed by atoms with Crippen LogP contribution in [0.5, 0.6) is 11.5 Å². The summed E-state index contributed by atoms with van der Waals surface area (Å²) in [5.74, 6) is 0.921. The van der Waals surface area contributed by atoms with Crippen molar-refractivity contribution in [2.75, 3.05) is 43.5 Å².